The minimum atomic E-state index is -0.340. The van der Waals surface area contributed by atoms with Gasteiger partial charge in [-0.25, -0.2) is 9.97 Å². The van der Waals surface area contributed by atoms with Crippen LogP contribution in [-0.4, -0.2) is 31.5 Å². The first-order valence-electron chi connectivity index (χ1n) is 12.1. The zero-order valence-electron chi connectivity index (χ0n) is 19.7. The van der Waals surface area contributed by atoms with Crippen molar-refractivity contribution in [1.82, 2.24) is 19.5 Å². The molecule has 1 aliphatic rings. The van der Waals surface area contributed by atoms with E-state index < -0.39 is 0 Å². The Morgan fingerprint density at radius 1 is 1.17 bits per heavy atom. The molecule has 0 spiro atoms. The van der Waals surface area contributed by atoms with E-state index in [2.05, 4.69) is 22.5 Å². The van der Waals surface area contributed by atoms with Crippen molar-refractivity contribution >= 4 is 69.5 Å². The van der Waals surface area contributed by atoms with Crippen LogP contribution in [-0.2, 0) is 4.79 Å². The minimum absolute atomic E-state index is 0.0611. The van der Waals surface area contributed by atoms with Gasteiger partial charge in [0.15, 0.2) is 5.65 Å². The maximum atomic E-state index is 11.7. The zero-order valence-corrected chi connectivity index (χ0v) is 21.9. The van der Waals surface area contributed by atoms with Crippen molar-refractivity contribution in [1.29, 1.82) is 0 Å². The summed E-state index contributed by atoms with van der Waals surface area (Å²) in [6.07, 6.45) is 10.0. The number of hydrogen-bond donors (Lipinski definition) is 3. The molecule has 2 aromatic heterocycles. The van der Waals surface area contributed by atoms with Crippen molar-refractivity contribution in [3.05, 3.63) is 33.4 Å². The molecule has 0 radical (unpaired) electrons. The Hall–Kier alpha value is -2.29. The van der Waals surface area contributed by atoms with Crippen LogP contribution in [0, 0.1) is 0 Å². The predicted octanol–water partition coefficient (Wildman–Crippen LogP) is 6.88. The van der Waals surface area contributed by atoms with Crippen molar-refractivity contribution < 1.29 is 4.79 Å². The maximum Gasteiger partial charge on any atom is 0.224 e. The van der Waals surface area contributed by atoms with E-state index in [-0.39, 0.29) is 18.4 Å². The molecule has 11 heteroatoms. The minimum Gasteiger partial charge on any atom is -0.370 e. The van der Waals surface area contributed by atoms with Gasteiger partial charge in [-0.1, -0.05) is 67.4 Å². The van der Waals surface area contributed by atoms with E-state index in [0.29, 0.717) is 56.3 Å². The summed E-state index contributed by atoms with van der Waals surface area (Å²) >= 11 is 19.0. The second-order valence-corrected chi connectivity index (χ2v) is 10.3. The molecule has 1 atom stereocenters. The van der Waals surface area contributed by atoms with E-state index in [0.717, 1.165) is 32.1 Å². The van der Waals surface area contributed by atoms with Gasteiger partial charge < -0.3 is 16.4 Å². The third kappa shape index (κ3) is 6.29. The molecule has 1 amide bonds. The van der Waals surface area contributed by atoms with E-state index in [1.165, 1.54) is 12.8 Å². The molecular formula is C24H30Cl3N7O. The standard InChI is InChI=1S/C24H30Cl3N7O/c1-2-3-8-16(9-10-20(28)35)34-22-19(13-29-23(33-22)30-15-6-4-5-7-15)31-24(34)32-21-17(26)11-14(25)12-18(21)27/h11-13,15-16H,2-10H2,1H3,(H2,28,35)(H,31,32)(H,29,30,33)/t16-/m0/s1. The molecule has 3 aromatic rings. The highest BCUT2D eigenvalue weighted by atomic mass is 35.5. The Kier molecular flexibility index (Phi) is 8.57. The van der Waals surface area contributed by atoms with Crippen LogP contribution in [0.5, 0.6) is 0 Å². The number of carbonyl (C=O) groups excluding carboxylic acids is 1. The average molecular weight is 539 g/mol. The quantitative estimate of drug-likeness (QED) is 0.245. The zero-order chi connectivity index (χ0) is 24.9. The van der Waals surface area contributed by atoms with E-state index >= 15 is 0 Å². The molecular weight excluding hydrogens is 509 g/mol. The van der Waals surface area contributed by atoms with Gasteiger partial charge in [0, 0.05) is 23.5 Å². The van der Waals surface area contributed by atoms with Crippen LogP contribution < -0.4 is 16.4 Å². The van der Waals surface area contributed by atoms with Gasteiger partial charge in [-0.2, -0.15) is 4.98 Å². The SMILES string of the molecule is CCCC[C@@H](CCC(N)=O)n1c(Nc2c(Cl)cc(Cl)cc2Cl)nc2cnc(NC3CCCC3)nc21. The van der Waals surface area contributed by atoms with Gasteiger partial charge in [0.1, 0.15) is 5.52 Å². The maximum absolute atomic E-state index is 11.7. The molecule has 0 bridgehead atoms. The number of nitrogens with two attached hydrogens (primary N) is 1. The number of amides is 1. The highest BCUT2D eigenvalue weighted by Crippen LogP contribution is 2.38. The van der Waals surface area contributed by atoms with E-state index in [9.17, 15) is 4.79 Å². The molecule has 0 saturated heterocycles. The third-order valence-corrected chi connectivity index (χ3v) is 7.16. The fourth-order valence-corrected chi connectivity index (χ4v) is 5.48. The molecule has 0 unspecified atom stereocenters. The number of hydrogen-bond acceptors (Lipinski definition) is 6. The van der Waals surface area contributed by atoms with Crippen LogP contribution in [0.15, 0.2) is 18.3 Å². The topological polar surface area (TPSA) is 111 Å². The molecule has 4 N–H and O–H groups in total. The molecule has 1 aliphatic carbocycles. The molecule has 35 heavy (non-hydrogen) atoms. The molecule has 0 aliphatic heterocycles. The van der Waals surface area contributed by atoms with Gasteiger partial charge in [-0.05, 0) is 37.8 Å². The lowest BCUT2D eigenvalue weighted by Crippen LogP contribution is -2.19. The van der Waals surface area contributed by atoms with Crippen LogP contribution in [0.4, 0.5) is 17.6 Å². The molecule has 1 fully saturated rings. The fourth-order valence-electron chi connectivity index (χ4n) is 4.57. The first-order chi connectivity index (χ1) is 16.9. The number of primary amides is 1. The fraction of sp³-hybridized carbons (Fsp3) is 0.500. The van der Waals surface area contributed by atoms with Crippen molar-refractivity contribution in [3.8, 4) is 0 Å². The van der Waals surface area contributed by atoms with Gasteiger partial charge in [-0.15, -0.1) is 0 Å². The molecule has 1 aromatic carbocycles. The van der Waals surface area contributed by atoms with E-state index in [1.54, 1.807) is 18.3 Å². The average Bonchev–Trinajstić information content (AvgIpc) is 3.44. The highest BCUT2D eigenvalue weighted by molar-refractivity contribution is 6.41. The number of imidazole rings is 1. The van der Waals surface area contributed by atoms with Gasteiger partial charge in [0.05, 0.1) is 21.9 Å². The summed E-state index contributed by atoms with van der Waals surface area (Å²) < 4.78 is 2.02. The monoisotopic (exact) mass is 537 g/mol. The number of aromatic nitrogens is 4. The summed E-state index contributed by atoms with van der Waals surface area (Å²) in [5.41, 5.74) is 7.31. The van der Waals surface area contributed by atoms with Crippen molar-refractivity contribution in [2.24, 2.45) is 5.73 Å². The number of fused-ring (bicyclic) bond motifs is 1. The number of anilines is 3. The van der Waals surface area contributed by atoms with E-state index in [4.69, 9.17) is 50.5 Å². The summed E-state index contributed by atoms with van der Waals surface area (Å²) in [5.74, 6) is 0.750. The largest absolute Gasteiger partial charge is 0.370 e. The Balaban J connectivity index is 1.79. The number of rotatable bonds is 11. The molecule has 188 valence electrons. The Morgan fingerprint density at radius 3 is 2.54 bits per heavy atom. The number of nitrogens with one attached hydrogen (secondary N) is 2. The first kappa shape index (κ1) is 25.8. The molecule has 8 nitrogen and oxygen atoms in total. The molecule has 4 rings (SSSR count). The second kappa shape index (κ2) is 11.6. The van der Waals surface area contributed by atoms with E-state index in [1.807, 2.05) is 4.57 Å². The second-order valence-electron chi connectivity index (χ2n) is 9.00. The van der Waals surface area contributed by atoms with Crippen LogP contribution in [0.1, 0.15) is 70.8 Å². The van der Waals surface area contributed by atoms with Gasteiger partial charge in [0.25, 0.3) is 0 Å². The number of nitrogens with zero attached hydrogens (tertiary/aromatic N) is 4. The smallest absolute Gasteiger partial charge is 0.224 e. The highest BCUT2D eigenvalue weighted by Gasteiger charge is 2.24. The lowest BCUT2D eigenvalue weighted by molar-refractivity contribution is -0.118. The number of carbonyl (C=O) groups is 1. The summed E-state index contributed by atoms with van der Waals surface area (Å²) in [5, 5.41) is 7.94. The summed E-state index contributed by atoms with van der Waals surface area (Å²) in [4.78, 5) is 25.8. The van der Waals surface area contributed by atoms with Crippen LogP contribution in [0.2, 0.25) is 15.1 Å². The lowest BCUT2D eigenvalue weighted by atomic mass is 10.0. The number of halogens is 3. The van der Waals surface area contributed by atoms with Gasteiger partial charge >= 0.3 is 0 Å². The summed E-state index contributed by atoms with van der Waals surface area (Å²) in [6, 6.07) is 3.55. The van der Waals surface area contributed by atoms with Crippen LogP contribution in [0.3, 0.4) is 0 Å². The Bertz CT molecular complexity index is 1170. The number of benzene rings is 1. The van der Waals surface area contributed by atoms with Crippen molar-refractivity contribution in [3.63, 3.8) is 0 Å². The van der Waals surface area contributed by atoms with Gasteiger partial charge in [-0.3, -0.25) is 9.36 Å². The number of unbranched alkanes of at least 4 members (excludes halogenated alkanes) is 1. The normalized spacial score (nSPS) is 15.0. The van der Waals surface area contributed by atoms with Crippen molar-refractivity contribution in [2.45, 2.75) is 76.8 Å². The summed E-state index contributed by atoms with van der Waals surface area (Å²) in [7, 11) is 0. The van der Waals surface area contributed by atoms with Crippen LogP contribution >= 0.6 is 34.8 Å². The van der Waals surface area contributed by atoms with Gasteiger partial charge in [0.2, 0.25) is 17.8 Å². The first-order valence-corrected chi connectivity index (χ1v) is 13.2. The lowest BCUT2D eigenvalue weighted by Gasteiger charge is -2.22. The van der Waals surface area contributed by atoms with Crippen LogP contribution in [0.25, 0.3) is 11.2 Å². The Morgan fingerprint density at radius 2 is 1.89 bits per heavy atom. The summed E-state index contributed by atoms with van der Waals surface area (Å²) in [6.45, 7) is 2.13. The Labute approximate surface area is 219 Å². The predicted molar refractivity (Wildman–Crippen MR) is 143 cm³/mol. The van der Waals surface area contributed by atoms with Crippen molar-refractivity contribution in [2.75, 3.05) is 10.6 Å². The molecule has 2 heterocycles. The molecule has 1 saturated carbocycles. The third-order valence-electron chi connectivity index (χ3n) is 6.34.